The molecule has 1 aliphatic heterocycles. The molecule has 0 saturated carbocycles. The summed E-state index contributed by atoms with van der Waals surface area (Å²) in [6.07, 6.45) is -7.51. The average molecular weight is 598 g/mol. The summed E-state index contributed by atoms with van der Waals surface area (Å²) in [5, 5.41) is 0. The van der Waals surface area contributed by atoms with Gasteiger partial charge >= 0.3 is 35.8 Å². The normalized spacial score (nSPS) is 16.9. The molecule has 2 aromatic carbocycles. The van der Waals surface area contributed by atoms with Gasteiger partial charge in [0.05, 0.1) is 6.04 Å². The van der Waals surface area contributed by atoms with Crippen LogP contribution >= 0.6 is 0 Å². The van der Waals surface area contributed by atoms with Crippen LogP contribution in [0.25, 0.3) is 0 Å². The van der Waals surface area contributed by atoms with Crippen LogP contribution in [0.3, 0.4) is 0 Å². The van der Waals surface area contributed by atoms with Gasteiger partial charge in [-0.05, 0) is 11.1 Å². The fourth-order valence-electron chi connectivity index (χ4n) is 4.17. The van der Waals surface area contributed by atoms with Crippen LogP contribution in [0.1, 0.15) is 17.2 Å². The Balaban J connectivity index is 1.84. The molecule has 1 heterocycles. The van der Waals surface area contributed by atoms with E-state index in [2.05, 4.69) is 0 Å². The smallest absolute Gasteiger partial charge is 0.335 e. The molecule has 1 amide bonds. The second kappa shape index (κ2) is 10.4. The molecule has 16 heteroatoms. The maximum absolute atomic E-state index is 14.4. The Morgan fingerprint density at radius 2 is 0.925 bits per heavy atom. The van der Waals surface area contributed by atoms with E-state index in [1.54, 1.807) is 65.6 Å². The highest BCUT2D eigenvalue weighted by Crippen LogP contribution is 2.60. The van der Waals surface area contributed by atoms with Crippen LogP contribution < -0.4 is 0 Å². The van der Waals surface area contributed by atoms with Crippen molar-refractivity contribution in [1.29, 1.82) is 0 Å². The topological polar surface area (TPSA) is 23.6 Å². The van der Waals surface area contributed by atoms with E-state index in [0.29, 0.717) is 11.1 Å². The van der Waals surface area contributed by atoms with Crippen LogP contribution in [0, 0.1) is 0 Å². The molecule has 0 bridgehead atoms. The number of nitrogens with zero attached hydrogens (tertiary/aromatic N) is 2. The number of amides is 1. The molecule has 40 heavy (non-hydrogen) atoms. The minimum Gasteiger partial charge on any atom is -0.335 e. The van der Waals surface area contributed by atoms with E-state index in [1.807, 2.05) is 0 Å². The molecular formula is C24H19F13N2O. The second-order valence-electron chi connectivity index (χ2n) is 8.92. The van der Waals surface area contributed by atoms with E-state index in [4.69, 9.17) is 0 Å². The van der Waals surface area contributed by atoms with Gasteiger partial charge in [-0.15, -0.1) is 0 Å². The molecule has 2 aromatic rings. The Morgan fingerprint density at radius 1 is 0.550 bits per heavy atom. The lowest BCUT2D eigenvalue weighted by Gasteiger charge is -2.43. The fourth-order valence-corrected chi connectivity index (χ4v) is 4.17. The van der Waals surface area contributed by atoms with Crippen LogP contribution in [-0.4, -0.2) is 77.7 Å². The number of carbonyl (C=O) groups excluding carboxylic acids is 1. The zero-order valence-corrected chi connectivity index (χ0v) is 19.9. The molecule has 3 rings (SSSR count). The quantitative estimate of drug-likeness (QED) is 0.318. The first-order valence-corrected chi connectivity index (χ1v) is 11.3. The molecule has 0 N–H and O–H groups in total. The highest BCUT2D eigenvalue weighted by molar-refractivity contribution is 5.85. The van der Waals surface area contributed by atoms with E-state index in [0.717, 1.165) is 0 Å². The van der Waals surface area contributed by atoms with Gasteiger partial charge in [-0.3, -0.25) is 9.69 Å². The van der Waals surface area contributed by atoms with Crippen molar-refractivity contribution < 1.29 is 61.9 Å². The first-order valence-electron chi connectivity index (χ1n) is 11.3. The summed E-state index contributed by atoms with van der Waals surface area (Å²) in [5.41, 5.74) is 1.38. The van der Waals surface area contributed by atoms with Crippen LogP contribution in [0.5, 0.6) is 0 Å². The van der Waals surface area contributed by atoms with Crippen molar-refractivity contribution in [2.45, 2.75) is 41.8 Å². The Hall–Kier alpha value is -3.04. The average Bonchev–Trinajstić information content (AvgIpc) is 2.89. The Bertz CT molecular complexity index is 1120. The zero-order valence-electron chi connectivity index (χ0n) is 19.9. The number of piperazine rings is 1. The van der Waals surface area contributed by atoms with Gasteiger partial charge in [0.15, 0.2) is 0 Å². The fraction of sp³-hybridized carbons (Fsp3) is 0.458. The van der Waals surface area contributed by atoms with Crippen LogP contribution in [-0.2, 0) is 4.79 Å². The number of alkyl halides is 13. The minimum atomic E-state index is -8.05. The molecule has 0 aliphatic carbocycles. The summed E-state index contributed by atoms with van der Waals surface area (Å²) in [4.78, 5) is 13.7. The Morgan fingerprint density at radius 3 is 1.30 bits per heavy atom. The summed E-state index contributed by atoms with van der Waals surface area (Å²) in [6, 6.07) is 16.4. The number of rotatable bonds is 8. The first-order chi connectivity index (χ1) is 18.2. The van der Waals surface area contributed by atoms with Gasteiger partial charge in [0.1, 0.15) is 0 Å². The molecule has 1 aliphatic rings. The minimum absolute atomic E-state index is 0.0758. The van der Waals surface area contributed by atoms with Gasteiger partial charge in [-0.1, -0.05) is 60.7 Å². The Labute approximate surface area is 218 Å². The lowest BCUT2D eigenvalue weighted by Crippen LogP contribution is -2.72. The van der Waals surface area contributed by atoms with Gasteiger partial charge < -0.3 is 4.90 Å². The van der Waals surface area contributed by atoms with Crippen molar-refractivity contribution >= 4 is 5.91 Å². The van der Waals surface area contributed by atoms with Crippen LogP contribution in [0.15, 0.2) is 60.7 Å². The first kappa shape index (κ1) is 31.5. The van der Waals surface area contributed by atoms with Gasteiger partial charge in [0.25, 0.3) is 5.91 Å². The monoisotopic (exact) mass is 598 g/mol. The third-order valence-corrected chi connectivity index (χ3v) is 6.40. The predicted octanol–water partition coefficient (Wildman–Crippen LogP) is 6.66. The van der Waals surface area contributed by atoms with E-state index in [-0.39, 0.29) is 18.0 Å². The molecule has 0 spiro atoms. The molecular weight excluding hydrogens is 579 g/mol. The number of hydrogen-bond acceptors (Lipinski definition) is 2. The van der Waals surface area contributed by atoms with Crippen molar-refractivity contribution in [2.24, 2.45) is 0 Å². The van der Waals surface area contributed by atoms with Crippen LogP contribution in [0.2, 0.25) is 0 Å². The van der Waals surface area contributed by atoms with Gasteiger partial charge in [0, 0.05) is 26.2 Å². The molecule has 3 nitrogen and oxygen atoms in total. The maximum Gasteiger partial charge on any atom is 0.460 e. The number of benzene rings is 2. The second-order valence-corrected chi connectivity index (χ2v) is 8.92. The van der Waals surface area contributed by atoms with Crippen molar-refractivity contribution in [3.05, 3.63) is 71.8 Å². The van der Waals surface area contributed by atoms with E-state index < -0.39 is 60.8 Å². The van der Waals surface area contributed by atoms with E-state index >= 15 is 0 Å². The number of hydrogen-bond donors (Lipinski definition) is 0. The SMILES string of the molecule is O=C(N1CCN(C(c2ccccc2)c2ccccc2)CC1)C(F)(F)C(F)(F)C(F)(F)C(F)(F)C(F)(F)C(F)(F)F. The van der Waals surface area contributed by atoms with Gasteiger partial charge in [-0.25, -0.2) is 0 Å². The van der Waals surface area contributed by atoms with E-state index in [9.17, 15) is 61.9 Å². The Kier molecular flexibility index (Phi) is 8.20. The molecule has 0 atom stereocenters. The molecule has 0 aromatic heterocycles. The van der Waals surface area contributed by atoms with Crippen molar-refractivity contribution in [3.8, 4) is 0 Å². The van der Waals surface area contributed by atoms with Gasteiger partial charge in [-0.2, -0.15) is 57.1 Å². The van der Waals surface area contributed by atoms with Crippen molar-refractivity contribution in [2.75, 3.05) is 26.2 Å². The lowest BCUT2D eigenvalue weighted by molar-refractivity contribution is -0.436. The van der Waals surface area contributed by atoms with Crippen LogP contribution in [0.4, 0.5) is 57.1 Å². The highest BCUT2D eigenvalue weighted by Gasteiger charge is 2.91. The summed E-state index contributed by atoms with van der Waals surface area (Å²) in [5.74, 6) is -41.5. The number of carbonyl (C=O) groups is 1. The van der Waals surface area contributed by atoms with Crippen molar-refractivity contribution in [1.82, 2.24) is 9.80 Å². The molecule has 222 valence electrons. The largest absolute Gasteiger partial charge is 0.460 e. The lowest BCUT2D eigenvalue weighted by atomic mass is 9.93. The zero-order chi connectivity index (χ0) is 30.4. The summed E-state index contributed by atoms with van der Waals surface area (Å²) < 4.78 is 175. The van der Waals surface area contributed by atoms with Gasteiger partial charge in [0.2, 0.25) is 0 Å². The van der Waals surface area contributed by atoms with E-state index in [1.165, 1.54) is 0 Å². The third-order valence-electron chi connectivity index (χ3n) is 6.40. The maximum atomic E-state index is 14.4. The predicted molar refractivity (Wildman–Crippen MR) is 114 cm³/mol. The molecule has 0 unspecified atom stereocenters. The molecule has 0 radical (unpaired) electrons. The molecule has 1 saturated heterocycles. The van der Waals surface area contributed by atoms with Crippen molar-refractivity contribution in [3.63, 3.8) is 0 Å². The summed E-state index contributed by atoms with van der Waals surface area (Å²) >= 11 is 0. The highest BCUT2D eigenvalue weighted by atomic mass is 19.4. The summed E-state index contributed by atoms with van der Waals surface area (Å²) in [7, 11) is 0. The molecule has 1 fully saturated rings. The standard InChI is InChI=1S/C24H19F13N2O/c25-19(26,20(27,28)21(29,30)22(31,32)23(33,34)24(35,36)37)18(40)39-13-11-38(12-14-39)17(15-7-3-1-4-8-15)16-9-5-2-6-10-16/h1-10,17H,11-14H2. The third kappa shape index (κ3) is 4.98. The summed E-state index contributed by atoms with van der Waals surface area (Å²) in [6.45, 7) is -2.27. The number of halogens is 13.